The molecule has 0 N–H and O–H groups in total. The molecule has 136 valence electrons. The minimum Gasteiger partial charge on any atom is -0.462 e. The second kappa shape index (κ2) is 5.70. The van der Waals surface area contributed by atoms with Gasteiger partial charge in [-0.25, -0.2) is 0 Å². The molecule has 0 radical (unpaired) electrons. The standard InChI is InChI=1S/C21H27ClO3/c1-12(23)25-19-5-4-15-14-11-18(22)17-10-13(24)6-8-20(17,2)16(14)7-9-21(15,19)3/h10-11,14-16,19H,4-9H2,1-3H3/t14-,15-,16-,19-,20+,21-/m0/s1. The van der Waals surface area contributed by atoms with Gasteiger partial charge in [0.2, 0.25) is 0 Å². The summed E-state index contributed by atoms with van der Waals surface area (Å²) in [6.07, 6.45) is 9.81. The van der Waals surface area contributed by atoms with Crippen LogP contribution in [0.2, 0.25) is 0 Å². The predicted molar refractivity (Wildman–Crippen MR) is 97.0 cm³/mol. The van der Waals surface area contributed by atoms with Gasteiger partial charge in [-0.2, -0.15) is 0 Å². The van der Waals surface area contributed by atoms with Crippen molar-refractivity contribution in [2.24, 2.45) is 28.6 Å². The topological polar surface area (TPSA) is 43.4 Å². The zero-order valence-electron chi connectivity index (χ0n) is 15.3. The minimum atomic E-state index is -0.172. The molecule has 0 aromatic heterocycles. The molecule has 25 heavy (non-hydrogen) atoms. The molecule has 0 saturated heterocycles. The lowest BCUT2D eigenvalue weighted by molar-refractivity contribution is -0.155. The molecule has 0 bridgehead atoms. The van der Waals surface area contributed by atoms with Crippen molar-refractivity contribution >= 4 is 23.4 Å². The van der Waals surface area contributed by atoms with Crippen LogP contribution in [0.15, 0.2) is 22.8 Å². The van der Waals surface area contributed by atoms with Crippen molar-refractivity contribution in [3.05, 3.63) is 22.8 Å². The van der Waals surface area contributed by atoms with Crippen molar-refractivity contribution in [1.82, 2.24) is 0 Å². The van der Waals surface area contributed by atoms with E-state index in [9.17, 15) is 9.59 Å². The quantitative estimate of drug-likeness (QED) is 0.630. The summed E-state index contributed by atoms with van der Waals surface area (Å²) in [5.41, 5.74) is 1.11. The van der Waals surface area contributed by atoms with Gasteiger partial charge in [0.1, 0.15) is 6.10 Å². The molecule has 2 fully saturated rings. The normalized spacial score (nSPS) is 45.7. The highest BCUT2D eigenvalue weighted by Gasteiger charge is 2.59. The molecule has 0 aromatic carbocycles. The highest BCUT2D eigenvalue weighted by Crippen LogP contribution is 2.65. The van der Waals surface area contributed by atoms with Crippen LogP contribution in [0.3, 0.4) is 0 Å². The molecule has 0 unspecified atom stereocenters. The fraction of sp³-hybridized carbons (Fsp3) is 0.714. The predicted octanol–water partition coefficient (Wildman–Crippen LogP) is 4.79. The maximum Gasteiger partial charge on any atom is 0.302 e. The van der Waals surface area contributed by atoms with Gasteiger partial charge in [0.25, 0.3) is 0 Å². The number of carbonyl (C=O) groups excluding carboxylic acids is 2. The van der Waals surface area contributed by atoms with E-state index in [-0.39, 0.29) is 28.7 Å². The van der Waals surface area contributed by atoms with Crippen LogP contribution >= 0.6 is 11.6 Å². The smallest absolute Gasteiger partial charge is 0.302 e. The summed E-state index contributed by atoms with van der Waals surface area (Å²) in [4.78, 5) is 23.5. The lowest BCUT2D eigenvalue weighted by Crippen LogP contribution is -2.50. The Morgan fingerprint density at radius 2 is 1.96 bits per heavy atom. The van der Waals surface area contributed by atoms with Crippen molar-refractivity contribution in [2.75, 3.05) is 0 Å². The summed E-state index contributed by atoms with van der Waals surface area (Å²) < 4.78 is 5.69. The Kier molecular flexibility index (Phi) is 3.95. The number of allylic oxidation sites excluding steroid dienone is 4. The van der Waals surface area contributed by atoms with E-state index in [1.807, 2.05) is 0 Å². The molecule has 4 aliphatic carbocycles. The van der Waals surface area contributed by atoms with Crippen molar-refractivity contribution in [3.63, 3.8) is 0 Å². The van der Waals surface area contributed by atoms with Crippen LogP contribution in [0.4, 0.5) is 0 Å². The molecule has 4 rings (SSSR count). The largest absolute Gasteiger partial charge is 0.462 e. The third-order valence-electron chi connectivity index (χ3n) is 7.78. The Hall–Kier alpha value is -1.09. The second-order valence-corrected chi connectivity index (χ2v) is 9.37. The molecule has 0 spiro atoms. The van der Waals surface area contributed by atoms with Gasteiger partial charge >= 0.3 is 5.97 Å². The first-order valence-corrected chi connectivity index (χ1v) is 9.93. The molecule has 3 nitrogen and oxygen atoms in total. The van der Waals surface area contributed by atoms with Crippen LogP contribution in [0.5, 0.6) is 0 Å². The molecule has 2 saturated carbocycles. The number of rotatable bonds is 1. The van der Waals surface area contributed by atoms with Crippen molar-refractivity contribution in [3.8, 4) is 0 Å². The Bertz CT molecular complexity index is 693. The van der Waals surface area contributed by atoms with Crippen LogP contribution in [-0.4, -0.2) is 17.9 Å². The van der Waals surface area contributed by atoms with E-state index in [1.54, 1.807) is 6.08 Å². The molecule has 4 heteroatoms. The van der Waals surface area contributed by atoms with Gasteiger partial charge in [-0.3, -0.25) is 9.59 Å². The summed E-state index contributed by atoms with van der Waals surface area (Å²) in [7, 11) is 0. The second-order valence-electron chi connectivity index (χ2n) is 8.97. The number of esters is 1. The van der Waals surface area contributed by atoms with Gasteiger partial charge in [-0.15, -0.1) is 0 Å². The highest BCUT2D eigenvalue weighted by atomic mass is 35.5. The number of hydrogen-bond donors (Lipinski definition) is 0. The first-order chi connectivity index (χ1) is 11.8. The van der Waals surface area contributed by atoms with Crippen LogP contribution in [0.1, 0.15) is 59.3 Å². The van der Waals surface area contributed by atoms with Gasteiger partial charge in [0, 0.05) is 23.8 Å². The van der Waals surface area contributed by atoms with Gasteiger partial charge in [0.05, 0.1) is 0 Å². The van der Waals surface area contributed by atoms with E-state index in [1.165, 1.54) is 6.92 Å². The van der Waals surface area contributed by atoms with Crippen LogP contribution in [0.25, 0.3) is 0 Å². The summed E-state index contributed by atoms with van der Waals surface area (Å²) in [5, 5.41) is 0.775. The Morgan fingerprint density at radius 1 is 1.20 bits per heavy atom. The average molecular weight is 363 g/mol. The van der Waals surface area contributed by atoms with E-state index >= 15 is 0 Å². The lowest BCUT2D eigenvalue weighted by Gasteiger charge is -2.56. The number of ether oxygens (including phenoxy) is 1. The number of carbonyl (C=O) groups is 2. The van der Waals surface area contributed by atoms with Crippen molar-refractivity contribution in [2.45, 2.75) is 65.4 Å². The SMILES string of the molecule is CC(=O)O[C@H]1CC[C@H]2[C@@H]3C=C(Cl)C4=CC(=O)CC[C@]4(C)[C@H]3CC[C@]12C. The average Bonchev–Trinajstić information content (AvgIpc) is 2.86. The third-order valence-corrected chi connectivity index (χ3v) is 8.11. The third kappa shape index (κ3) is 2.45. The zero-order valence-corrected chi connectivity index (χ0v) is 16.1. The Morgan fingerprint density at radius 3 is 2.68 bits per heavy atom. The maximum atomic E-state index is 11.9. The maximum absolute atomic E-state index is 11.9. The summed E-state index contributed by atoms with van der Waals surface area (Å²) in [6.45, 7) is 6.12. The van der Waals surface area contributed by atoms with Gasteiger partial charge in [-0.1, -0.05) is 31.5 Å². The Balaban J connectivity index is 1.72. The highest BCUT2D eigenvalue weighted by molar-refractivity contribution is 6.32. The van der Waals surface area contributed by atoms with Gasteiger partial charge in [0.15, 0.2) is 5.78 Å². The summed E-state index contributed by atoms with van der Waals surface area (Å²) >= 11 is 6.68. The molecular formula is C21H27ClO3. The first kappa shape index (κ1) is 17.3. The van der Waals surface area contributed by atoms with E-state index in [2.05, 4.69) is 19.9 Å². The van der Waals surface area contributed by atoms with Crippen molar-refractivity contribution < 1.29 is 14.3 Å². The summed E-state index contributed by atoms with van der Waals surface area (Å²) in [5.74, 6) is 1.48. The molecular weight excluding hydrogens is 336 g/mol. The first-order valence-electron chi connectivity index (χ1n) is 9.55. The molecule has 0 heterocycles. The molecule has 0 aliphatic heterocycles. The lowest BCUT2D eigenvalue weighted by atomic mass is 9.49. The van der Waals surface area contributed by atoms with Gasteiger partial charge in [-0.05, 0) is 66.9 Å². The molecule has 0 aromatic rings. The van der Waals surface area contributed by atoms with E-state index < -0.39 is 0 Å². The molecule has 6 atom stereocenters. The number of halogens is 1. The van der Waals surface area contributed by atoms with E-state index in [4.69, 9.17) is 16.3 Å². The van der Waals surface area contributed by atoms with E-state index in [0.717, 1.165) is 42.7 Å². The van der Waals surface area contributed by atoms with Crippen LogP contribution in [0, 0.1) is 28.6 Å². The number of ketones is 1. The monoisotopic (exact) mass is 362 g/mol. The Labute approximate surface area is 154 Å². The fourth-order valence-electron chi connectivity index (χ4n) is 6.42. The summed E-state index contributed by atoms with van der Waals surface area (Å²) in [6, 6.07) is 0. The molecule has 4 aliphatic rings. The van der Waals surface area contributed by atoms with Gasteiger partial charge < -0.3 is 4.74 Å². The van der Waals surface area contributed by atoms with Crippen LogP contribution < -0.4 is 0 Å². The minimum absolute atomic E-state index is 0.00522. The van der Waals surface area contributed by atoms with Crippen LogP contribution in [-0.2, 0) is 14.3 Å². The van der Waals surface area contributed by atoms with E-state index in [0.29, 0.717) is 24.2 Å². The molecule has 0 amide bonds. The van der Waals surface area contributed by atoms with Crippen molar-refractivity contribution in [1.29, 1.82) is 0 Å². The number of fused-ring (bicyclic) bond motifs is 5. The number of hydrogen-bond acceptors (Lipinski definition) is 3. The zero-order chi connectivity index (χ0) is 18.0. The fourth-order valence-corrected chi connectivity index (χ4v) is 6.83.